The summed E-state index contributed by atoms with van der Waals surface area (Å²) in [6.45, 7) is 7.38. The molecule has 0 bridgehead atoms. The van der Waals surface area contributed by atoms with Crippen LogP contribution in [0.5, 0.6) is 0 Å². The van der Waals surface area contributed by atoms with E-state index >= 15 is 4.39 Å². The summed E-state index contributed by atoms with van der Waals surface area (Å²) in [6.07, 6.45) is 5.48. The average Bonchev–Trinajstić information content (AvgIpc) is 3.69. The topological polar surface area (TPSA) is 141 Å². The molecule has 1 atom stereocenters. The quantitative estimate of drug-likeness (QED) is 0.216. The predicted octanol–water partition coefficient (Wildman–Crippen LogP) is 2.36. The van der Waals surface area contributed by atoms with Gasteiger partial charge in [-0.3, -0.25) is 18.9 Å². The molecule has 1 saturated carbocycles. The van der Waals surface area contributed by atoms with Gasteiger partial charge in [0.25, 0.3) is 5.56 Å². The predicted molar refractivity (Wildman–Crippen MR) is 171 cm³/mol. The fraction of sp³-hybridized carbons (Fsp3) is 0.441. The molecule has 11 nitrogen and oxygen atoms in total. The number of fused-ring (bicyclic) bond motifs is 1. The largest absolute Gasteiger partial charge is 1.00 e. The maximum atomic E-state index is 15.9. The van der Waals surface area contributed by atoms with Crippen LogP contribution in [0.2, 0.25) is 0 Å². The van der Waals surface area contributed by atoms with Crippen LogP contribution in [0.1, 0.15) is 84.1 Å². The molecule has 0 aliphatic heterocycles. The zero-order chi connectivity index (χ0) is 32.6. The van der Waals surface area contributed by atoms with Crippen molar-refractivity contribution >= 4 is 5.78 Å². The van der Waals surface area contributed by atoms with Crippen LogP contribution in [0, 0.1) is 5.82 Å². The molecule has 2 aromatic carbocycles. The number of H-pyrrole nitrogens is 1. The Hall–Kier alpha value is -2.78. The van der Waals surface area contributed by atoms with E-state index in [1.807, 2.05) is 26.0 Å². The van der Waals surface area contributed by atoms with Gasteiger partial charge in [-0.05, 0) is 75.6 Å². The minimum Gasteiger partial charge on any atom is -1.00 e. The first-order chi connectivity index (χ1) is 22.0. The summed E-state index contributed by atoms with van der Waals surface area (Å²) in [7, 11) is 0. The van der Waals surface area contributed by atoms with E-state index in [0.717, 1.165) is 25.0 Å². The van der Waals surface area contributed by atoms with Gasteiger partial charge in [0.15, 0.2) is 5.82 Å². The second-order valence-corrected chi connectivity index (χ2v) is 12.7. The first kappa shape index (κ1) is 35.5. The number of ether oxygens (including phenoxy) is 1. The van der Waals surface area contributed by atoms with Crippen molar-refractivity contribution in [2.24, 2.45) is 0 Å². The van der Waals surface area contributed by atoms with Crippen LogP contribution in [0.15, 0.2) is 62.9 Å². The number of rotatable bonds is 10. The third-order valence-electron chi connectivity index (χ3n) is 9.07. The van der Waals surface area contributed by atoms with Gasteiger partial charge in [-0.25, -0.2) is 13.7 Å². The van der Waals surface area contributed by atoms with Crippen LogP contribution in [-0.4, -0.2) is 52.2 Å². The van der Waals surface area contributed by atoms with E-state index < -0.39 is 17.2 Å². The summed E-state index contributed by atoms with van der Waals surface area (Å²) in [4.78, 5) is 32.9. The molecule has 47 heavy (non-hydrogen) atoms. The van der Waals surface area contributed by atoms with E-state index in [1.54, 1.807) is 47.2 Å². The van der Waals surface area contributed by atoms with Crippen LogP contribution in [-0.2, 0) is 17.6 Å². The Kier molecular flexibility index (Phi) is 11.2. The summed E-state index contributed by atoms with van der Waals surface area (Å²) < 4.78 is 30.2. The SMILES string of the molecule is CCCc1c(Cc2ccc(-c3ccccc3-c3noc(=O)[nH]3)cc2F)c(=O)n(C2CCC(OC(C)C(C)(C)O)CC2)c2ncnn12.[H-].[K+]. The molecule has 6 rings (SSSR count). The van der Waals surface area contributed by atoms with E-state index in [1.165, 1.54) is 12.4 Å². The molecule has 5 aromatic rings. The van der Waals surface area contributed by atoms with E-state index in [-0.39, 0.29) is 88.9 Å². The number of hydrogen-bond donors (Lipinski definition) is 2. The monoisotopic (exact) mass is 670 g/mol. The molecule has 244 valence electrons. The summed E-state index contributed by atoms with van der Waals surface area (Å²) in [5, 5.41) is 18.6. The molecule has 0 amide bonds. The van der Waals surface area contributed by atoms with Crippen LogP contribution in [0.25, 0.3) is 28.3 Å². The van der Waals surface area contributed by atoms with Gasteiger partial charge in [0, 0.05) is 23.6 Å². The van der Waals surface area contributed by atoms with Gasteiger partial charge in [-0.2, -0.15) is 10.1 Å². The second kappa shape index (κ2) is 14.8. The third kappa shape index (κ3) is 7.46. The van der Waals surface area contributed by atoms with Gasteiger partial charge in [-0.15, -0.1) is 0 Å². The van der Waals surface area contributed by atoms with Crippen molar-refractivity contribution in [3.05, 3.63) is 92.3 Å². The molecule has 0 saturated heterocycles. The van der Waals surface area contributed by atoms with Crippen LogP contribution in [0.3, 0.4) is 0 Å². The molecular weight excluding hydrogens is 631 g/mol. The zero-order valence-corrected chi connectivity index (χ0v) is 30.6. The van der Waals surface area contributed by atoms with Crippen molar-refractivity contribution in [1.29, 1.82) is 0 Å². The number of halogens is 1. The van der Waals surface area contributed by atoms with Crippen molar-refractivity contribution in [3.63, 3.8) is 0 Å². The fourth-order valence-electron chi connectivity index (χ4n) is 6.31. The van der Waals surface area contributed by atoms with Gasteiger partial charge in [0.2, 0.25) is 5.78 Å². The molecule has 13 heteroatoms. The normalized spacial score (nSPS) is 17.5. The second-order valence-electron chi connectivity index (χ2n) is 12.7. The van der Waals surface area contributed by atoms with Crippen LogP contribution >= 0.6 is 0 Å². The van der Waals surface area contributed by atoms with Gasteiger partial charge < -0.3 is 11.3 Å². The molecule has 1 unspecified atom stereocenters. The van der Waals surface area contributed by atoms with Crippen molar-refractivity contribution in [1.82, 2.24) is 29.3 Å². The van der Waals surface area contributed by atoms with E-state index in [4.69, 9.17) is 4.74 Å². The van der Waals surface area contributed by atoms with Crippen molar-refractivity contribution in [3.8, 4) is 22.5 Å². The summed E-state index contributed by atoms with van der Waals surface area (Å²) in [6, 6.07) is 12.0. The Bertz CT molecular complexity index is 1980. The first-order valence-electron chi connectivity index (χ1n) is 15.8. The standard InChI is InChI=1S/C34H39FN6O5.K.H/c1-5-8-29-27(17-22-12-11-21(18-28(22)35)25-9-6-7-10-26(25)30-38-33(43)46-39-30)31(42)40(32-36-19-37-41(29)32)23-13-15-24(16-14-23)45-20(2)34(3,4)44;;/h6-7,9-12,18-20,23-24,44H,5,8,13-17H2,1-4H3,(H,38,39,43);;/q;+1;-1. The van der Waals surface area contributed by atoms with Gasteiger partial charge in [0.05, 0.1) is 23.5 Å². The Labute approximate surface area is 315 Å². The fourth-order valence-corrected chi connectivity index (χ4v) is 6.31. The molecule has 3 aromatic heterocycles. The average molecular weight is 671 g/mol. The first-order valence-corrected chi connectivity index (χ1v) is 15.8. The third-order valence-corrected chi connectivity index (χ3v) is 9.07. The van der Waals surface area contributed by atoms with E-state index in [2.05, 4.69) is 24.7 Å². The molecular formula is C34H40FKN6O5. The number of aromatic nitrogens is 6. The minimum absolute atomic E-state index is 0. The molecule has 1 aliphatic carbocycles. The summed E-state index contributed by atoms with van der Waals surface area (Å²) in [5.74, 6) is -0.384. The Morgan fingerprint density at radius 1 is 1.15 bits per heavy atom. The van der Waals surface area contributed by atoms with E-state index in [0.29, 0.717) is 52.9 Å². The maximum Gasteiger partial charge on any atom is 1.00 e. The van der Waals surface area contributed by atoms with Gasteiger partial charge in [0.1, 0.15) is 12.1 Å². The van der Waals surface area contributed by atoms with Crippen molar-refractivity contribution in [2.45, 2.75) is 96.5 Å². The number of nitrogens with zero attached hydrogens (tertiary/aromatic N) is 5. The van der Waals surface area contributed by atoms with Gasteiger partial charge in [-0.1, -0.05) is 54.9 Å². The minimum atomic E-state index is -0.945. The molecule has 0 radical (unpaired) electrons. The Balaban J connectivity index is 0.00000260. The van der Waals surface area contributed by atoms with Gasteiger partial charge >= 0.3 is 57.1 Å². The zero-order valence-electron chi connectivity index (χ0n) is 28.5. The molecule has 1 fully saturated rings. The number of aromatic amines is 1. The van der Waals surface area contributed by atoms with Crippen LogP contribution < -0.4 is 62.7 Å². The Morgan fingerprint density at radius 2 is 1.87 bits per heavy atom. The number of benzene rings is 2. The maximum absolute atomic E-state index is 15.9. The molecule has 2 N–H and O–H groups in total. The molecule has 1 aliphatic rings. The number of aliphatic hydroxyl groups is 1. The number of nitrogens with one attached hydrogen (secondary N) is 1. The molecule has 0 spiro atoms. The summed E-state index contributed by atoms with van der Waals surface area (Å²) >= 11 is 0. The number of hydrogen-bond acceptors (Lipinski definition) is 8. The number of aryl methyl sites for hydroxylation is 1. The molecule has 3 heterocycles. The Morgan fingerprint density at radius 3 is 2.51 bits per heavy atom. The van der Waals surface area contributed by atoms with Crippen molar-refractivity contribution < 1.29 is 71.6 Å². The summed E-state index contributed by atoms with van der Waals surface area (Å²) in [5.41, 5.74) is 2.36. The smallest absolute Gasteiger partial charge is 1.00 e. The van der Waals surface area contributed by atoms with Crippen LogP contribution in [0.4, 0.5) is 4.39 Å². The van der Waals surface area contributed by atoms with E-state index in [9.17, 15) is 14.7 Å². The van der Waals surface area contributed by atoms with Crippen molar-refractivity contribution in [2.75, 3.05) is 0 Å².